The predicted molar refractivity (Wildman–Crippen MR) is 111 cm³/mol. The fourth-order valence-electron chi connectivity index (χ4n) is 3.57. The van der Waals surface area contributed by atoms with Gasteiger partial charge in [0.05, 0.1) is 6.61 Å². The summed E-state index contributed by atoms with van der Waals surface area (Å²) in [6, 6.07) is 16.6. The van der Waals surface area contributed by atoms with E-state index in [-0.39, 0.29) is 25.5 Å². The number of hydrogen-bond donors (Lipinski definition) is 3. The second kappa shape index (κ2) is 9.03. The highest BCUT2D eigenvalue weighted by molar-refractivity contribution is 6.05. The topological polar surface area (TPSA) is 89.9 Å². The number of carbonyl (C=O) groups excluding carboxylic acids is 2. The number of para-hydroxylation sites is 1. The van der Waals surface area contributed by atoms with Crippen LogP contribution in [0, 0.1) is 5.92 Å². The molecule has 0 saturated heterocycles. The Kier molecular flexibility index (Phi) is 6.46. The molecule has 0 saturated carbocycles. The van der Waals surface area contributed by atoms with Gasteiger partial charge in [-0.25, -0.2) is 0 Å². The molecule has 3 N–H and O–H groups in total. The summed E-state index contributed by atoms with van der Waals surface area (Å²) in [5, 5.41) is 23.0. The van der Waals surface area contributed by atoms with Gasteiger partial charge in [0, 0.05) is 36.7 Å². The Balaban J connectivity index is 1.66. The summed E-state index contributed by atoms with van der Waals surface area (Å²) in [6.45, 7) is 2.30. The van der Waals surface area contributed by atoms with Crippen molar-refractivity contribution in [1.29, 1.82) is 0 Å². The maximum absolute atomic E-state index is 12.6. The van der Waals surface area contributed by atoms with Crippen molar-refractivity contribution in [2.24, 2.45) is 5.92 Å². The van der Waals surface area contributed by atoms with Crippen molar-refractivity contribution in [3.05, 3.63) is 77.9 Å². The van der Waals surface area contributed by atoms with E-state index in [4.69, 9.17) is 0 Å². The maximum atomic E-state index is 12.6. The zero-order chi connectivity index (χ0) is 20.9. The Hall–Kier alpha value is -2.96. The Bertz CT molecular complexity index is 897. The summed E-state index contributed by atoms with van der Waals surface area (Å²) < 4.78 is 0. The van der Waals surface area contributed by atoms with Crippen LogP contribution in [-0.4, -0.2) is 40.1 Å². The van der Waals surface area contributed by atoms with Gasteiger partial charge in [0.1, 0.15) is 0 Å². The highest BCUT2D eigenvalue weighted by atomic mass is 16.3. The summed E-state index contributed by atoms with van der Waals surface area (Å²) in [7, 11) is 0. The van der Waals surface area contributed by atoms with Crippen molar-refractivity contribution in [1.82, 2.24) is 4.90 Å². The fourth-order valence-corrected chi connectivity index (χ4v) is 3.57. The lowest BCUT2D eigenvalue weighted by Gasteiger charge is -2.26. The molecule has 1 heterocycles. The van der Waals surface area contributed by atoms with Crippen LogP contribution in [0.1, 0.15) is 24.5 Å². The summed E-state index contributed by atoms with van der Waals surface area (Å²) in [6.07, 6.45) is 3.49. The smallest absolute Gasteiger partial charge is 0.261 e. The van der Waals surface area contributed by atoms with E-state index in [2.05, 4.69) is 5.32 Å². The average molecular weight is 394 g/mol. The van der Waals surface area contributed by atoms with Gasteiger partial charge in [0.2, 0.25) is 5.91 Å². The number of fused-ring (bicyclic) bond motifs is 1. The average Bonchev–Trinajstić information content (AvgIpc) is 2.99. The van der Waals surface area contributed by atoms with Gasteiger partial charge in [-0.2, -0.15) is 0 Å². The number of hydrogen-bond acceptors (Lipinski definition) is 4. The van der Waals surface area contributed by atoms with E-state index < -0.39 is 17.4 Å². The second-order valence-electron chi connectivity index (χ2n) is 7.21. The first-order valence-electron chi connectivity index (χ1n) is 9.69. The molecule has 152 valence electrons. The Morgan fingerprint density at radius 2 is 1.86 bits per heavy atom. The lowest BCUT2D eigenvalue weighted by molar-refractivity contribution is -0.137. The van der Waals surface area contributed by atoms with Gasteiger partial charge in [-0.15, -0.1) is 0 Å². The summed E-state index contributed by atoms with van der Waals surface area (Å²) in [4.78, 5) is 26.6. The van der Waals surface area contributed by atoms with Gasteiger partial charge >= 0.3 is 0 Å². The molecule has 2 atom stereocenters. The number of amides is 2. The van der Waals surface area contributed by atoms with Gasteiger partial charge in [-0.05, 0) is 11.6 Å². The zero-order valence-corrected chi connectivity index (χ0v) is 16.4. The molecule has 0 bridgehead atoms. The van der Waals surface area contributed by atoms with Crippen molar-refractivity contribution in [3.63, 3.8) is 0 Å². The van der Waals surface area contributed by atoms with Crippen LogP contribution in [0.25, 0.3) is 0 Å². The Labute approximate surface area is 170 Å². The Morgan fingerprint density at radius 1 is 1.17 bits per heavy atom. The molecular formula is C23H26N2O4. The van der Waals surface area contributed by atoms with Crippen LogP contribution < -0.4 is 5.32 Å². The largest absolute Gasteiger partial charge is 0.395 e. The molecule has 1 aliphatic rings. The number of carbonyl (C=O) groups is 2. The molecule has 2 aromatic carbocycles. The van der Waals surface area contributed by atoms with Crippen molar-refractivity contribution in [2.45, 2.75) is 25.5 Å². The molecule has 3 rings (SSSR count). The molecule has 6 heteroatoms. The molecule has 0 spiro atoms. The van der Waals surface area contributed by atoms with Crippen molar-refractivity contribution in [3.8, 4) is 0 Å². The van der Waals surface area contributed by atoms with Crippen LogP contribution in [0.3, 0.4) is 0 Å². The standard InChI is InChI=1S/C23H26N2O4/c1-17(23(29)19-11-5-6-12-20(19)24-22(23)28)8-7-13-21(27)25(14-15-26)16-18-9-3-2-4-10-18/h2-12,17,26,29H,13-16H2,1H3,(H,24,28)/b8-7+/t17-,23+/m0/s1. The Morgan fingerprint density at radius 3 is 2.59 bits per heavy atom. The molecule has 2 amide bonds. The zero-order valence-electron chi connectivity index (χ0n) is 16.4. The molecule has 0 fully saturated rings. The quantitative estimate of drug-likeness (QED) is 0.600. The number of aliphatic hydroxyl groups is 2. The van der Waals surface area contributed by atoms with E-state index in [9.17, 15) is 19.8 Å². The second-order valence-corrected chi connectivity index (χ2v) is 7.21. The predicted octanol–water partition coefficient (Wildman–Crippen LogP) is 2.43. The van der Waals surface area contributed by atoms with Gasteiger partial charge in [0.25, 0.3) is 5.91 Å². The van der Waals surface area contributed by atoms with E-state index in [1.165, 1.54) is 0 Å². The van der Waals surface area contributed by atoms with E-state index >= 15 is 0 Å². The van der Waals surface area contributed by atoms with E-state index in [0.29, 0.717) is 17.8 Å². The SMILES string of the molecule is C[C@@H](/C=C/CC(=O)N(CCO)Cc1ccccc1)[C@]1(O)C(=O)Nc2ccccc21. The molecular weight excluding hydrogens is 368 g/mol. The highest BCUT2D eigenvalue weighted by Crippen LogP contribution is 2.41. The third-order valence-electron chi connectivity index (χ3n) is 5.25. The van der Waals surface area contributed by atoms with Crippen LogP contribution in [0.4, 0.5) is 5.69 Å². The van der Waals surface area contributed by atoms with Crippen LogP contribution >= 0.6 is 0 Å². The van der Waals surface area contributed by atoms with Crippen LogP contribution in [0.15, 0.2) is 66.7 Å². The first-order chi connectivity index (χ1) is 14.0. The van der Waals surface area contributed by atoms with Gasteiger partial charge in [-0.1, -0.05) is 67.6 Å². The number of nitrogens with one attached hydrogen (secondary N) is 1. The first kappa shape index (κ1) is 20.8. The van der Waals surface area contributed by atoms with Gasteiger partial charge < -0.3 is 20.4 Å². The molecule has 2 aromatic rings. The van der Waals surface area contributed by atoms with E-state index in [1.54, 1.807) is 48.2 Å². The monoisotopic (exact) mass is 394 g/mol. The highest BCUT2D eigenvalue weighted by Gasteiger charge is 2.48. The summed E-state index contributed by atoms with van der Waals surface area (Å²) in [5.41, 5.74) is 0.471. The van der Waals surface area contributed by atoms with Crippen LogP contribution in [-0.2, 0) is 21.7 Å². The third kappa shape index (κ3) is 4.39. The molecule has 1 aliphatic heterocycles. The molecule has 0 radical (unpaired) electrons. The van der Waals surface area contributed by atoms with E-state index in [0.717, 1.165) is 5.56 Å². The first-order valence-corrected chi connectivity index (χ1v) is 9.69. The normalized spacial score (nSPS) is 19.1. The van der Waals surface area contributed by atoms with Gasteiger partial charge in [0.15, 0.2) is 5.60 Å². The molecule has 0 unspecified atom stereocenters. The fraction of sp³-hybridized carbons (Fsp3) is 0.304. The molecule has 6 nitrogen and oxygen atoms in total. The van der Waals surface area contributed by atoms with Gasteiger partial charge in [-0.3, -0.25) is 9.59 Å². The summed E-state index contributed by atoms with van der Waals surface area (Å²) >= 11 is 0. The van der Waals surface area contributed by atoms with Crippen LogP contribution in [0.5, 0.6) is 0 Å². The molecule has 0 aliphatic carbocycles. The number of benzene rings is 2. The summed E-state index contributed by atoms with van der Waals surface area (Å²) in [5.74, 6) is -1.11. The number of anilines is 1. The number of aliphatic hydroxyl groups excluding tert-OH is 1. The minimum absolute atomic E-state index is 0.116. The van der Waals surface area contributed by atoms with Crippen molar-refractivity contribution >= 4 is 17.5 Å². The minimum atomic E-state index is -1.66. The third-order valence-corrected chi connectivity index (χ3v) is 5.25. The lowest BCUT2D eigenvalue weighted by Crippen LogP contribution is -2.39. The van der Waals surface area contributed by atoms with Crippen molar-refractivity contribution < 1.29 is 19.8 Å². The number of nitrogens with zero attached hydrogens (tertiary/aromatic N) is 1. The van der Waals surface area contributed by atoms with Crippen molar-refractivity contribution in [2.75, 3.05) is 18.5 Å². The lowest BCUT2D eigenvalue weighted by atomic mass is 9.83. The minimum Gasteiger partial charge on any atom is -0.395 e. The number of rotatable bonds is 8. The van der Waals surface area contributed by atoms with Crippen LogP contribution in [0.2, 0.25) is 0 Å². The molecule has 0 aromatic heterocycles. The molecule has 29 heavy (non-hydrogen) atoms. The maximum Gasteiger partial charge on any atom is 0.261 e. The van der Waals surface area contributed by atoms with E-state index in [1.807, 2.05) is 30.3 Å².